The van der Waals surface area contributed by atoms with Crippen molar-refractivity contribution in [1.29, 1.82) is 0 Å². The molecule has 1 saturated heterocycles. The molecule has 2 aromatic rings. The van der Waals surface area contributed by atoms with Crippen molar-refractivity contribution in [1.82, 2.24) is 19.9 Å². The monoisotopic (exact) mass is 272 g/mol. The van der Waals surface area contributed by atoms with E-state index >= 15 is 0 Å². The lowest BCUT2D eigenvalue weighted by atomic mass is 10.2. The summed E-state index contributed by atoms with van der Waals surface area (Å²) in [6.07, 6.45) is 6.95. The van der Waals surface area contributed by atoms with Crippen LogP contribution in [0.4, 0.5) is 0 Å². The third kappa shape index (κ3) is 2.01. The smallest absolute Gasteiger partial charge is 0.289 e. The fourth-order valence-corrected chi connectivity index (χ4v) is 2.73. The highest BCUT2D eigenvalue weighted by Crippen LogP contribution is 2.39. The Balaban J connectivity index is 1.45. The van der Waals surface area contributed by atoms with E-state index < -0.39 is 0 Å². The molecule has 104 valence electrons. The Labute approximate surface area is 116 Å². The van der Waals surface area contributed by atoms with Crippen LogP contribution in [0.15, 0.2) is 29.0 Å². The highest BCUT2D eigenvalue weighted by atomic mass is 16.3. The average Bonchev–Trinajstić information content (AvgIpc) is 2.98. The molecule has 0 spiro atoms. The normalized spacial score (nSPS) is 22.4. The van der Waals surface area contributed by atoms with Gasteiger partial charge in [-0.1, -0.05) is 5.21 Å². The maximum atomic E-state index is 12.2. The SMILES string of the molecule is O=C(c1ccco1)N1CCC(n2cc(C3CC3)nn2)C1. The Morgan fingerprint density at radius 3 is 3.00 bits per heavy atom. The molecule has 20 heavy (non-hydrogen) atoms. The number of nitrogens with zero attached hydrogens (tertiary/aromatic N) is 4. The topological polar surface area (TPSA) is 64.2 Å². The van der Waals surface area contributed by atoms with Crippen LogP contribution in [0.25, 0.3) is 0 Å². The van der Waals surface area contributed by atoms with Crippen LogP contribution in [-0.2, 0) is 0 Å². The molecule has 1 saturated carbocycles. The summed E-state index contributed by atoms with van der Waals surface area (Å²) in [5.74, 6) is 0.981. The Bertz CT molecular complexity index is 615. The molecule has 6 nitrogen and oxygen atoms in total. The zero-order valence-corrected chi connectivity index (χ0v) is 11.1. The van der Waals surface area contributed by atoms with Gasteiger partial charge in [-0.2, -0.15) is 0 Å². The fourth-order valence-electron chi connectivity index (χ4n) is 2.73. The molecule has 4 rings (SSSR count). The molecular formula is C14H16N4O2. The van der Waals surface area contributed by atoms with Crippen LogP contribution in [0, 0.1) is 0 Å². The number of amides is 1. The van der Waals surface area contributed by atoms with Crippen LogP contribution in [0.3, 0.4) is 0 Å². The molecule has 1 aliphatic heterocycles. The lowest BCUT2D eigenvalue weighted by Crippen LogP contribution is -2.28. The van der Waals surface area contributed by atoms with Gasteiger partial charge in [-0.3, -0.25) is 4.79 Å². The van der Waals surface area contributed by atoms with Gasteiger partial charge in [-0.25, -0.2) is 4.68 Å². The van der Waals surface area contributed by atoms with E-state index in [2.05, 4.69) is 10.3 Å². The van der Waals surface area contributed by atoms with Gasteiger partial charge in [0.15, 0.2) is 5.76 Å². The number of furan rings is 1. The second-order valence-electron chi connectivity index (χ2n) is 5.57. The van der Waals surface area contributed by atoms with E-state index in [0.717, 1.165) is 18.7 Å². The second kappa shape index (κ2) is 4.47. The molecule has 0 N–H and O–H groups in total. The van der Waals surface area contributed by atoms with Crippen LogP contribution in [0.5, 0.6) is 0 Å². The van der Waals surface area contributed by atoms with Gasteiger partial charge in [-0.15, -0.1) is 5.10 Å². The Kier molecular flexibility index (Phi) is 2.61. The summed E-state index contributed by atoms with van der Waals surface area (Å²) in [4.78, 5) is 14.0. The summed E-state index contributed by atoms with van der Waals surface area (Å²) >= 11 is 0. The predicted molar refractivity (Wildman–Crippen MR) is 70.3 cm³/mol. The summed E-state index contributed by atoms with van der Waals surface area (Å²) in [7, 11) is 0. The maximum absolute atomic E-state index is 12.2. The number of aromatic nitrogens is 3. The third-order valence-electron chi connectivity index (χ3n) is 4.08. The quantitative estimate of drug-likeness (QED) is 0.855. The highest BCUT2D eigenvalue weighted by molar-refractivity contribution is 5.91. The summed E-state index contributed by atoms with van der Waals surface area (Å²) in [5.41, 5.74) is 1.10. The molecule has 0 radical (unpaired) electrons. The molecule has 2 aromatic heterocycles. The molecule has 1 aliphatic carbocycles. The minimum absolute atomic E-state index is 0.0416. The average molecular weight is 272 g/mol. The number of rotatable bonds is 3. The first-order chi connectivity index (χ1) is 9.81. The third-order valence-corrected chi connectivity index (χ3v) is 4.08. The van der Waals surface area contributed by atoms with E-state index in [-0.39, 0.29) is 11.9 Å². The predicted octanol–water partition coefficient (Wildman–Crippen LogP) is 1.84. The highest BCUT2D eigenvalue weighted by Gasteiger charge is 2.32. The lowest BCUT2D eigenvalue weighted by molar-refractivity contribution is 0.0755. The molecule has 1 unspecified atom stereocenters. The van der Waals surface area contributed by atoms with Crippen molar-refractivity contribution in [2.45, 2.75) is 31.2 Å². The molecule has 2 fully saturated rings. The van der Waals surface area contributed by atoms with Crippen molar-refractivity contribution >= 4 is 5.91 Å². The molecular weight excluding hydrogens is 256 g/mol. The van der Waals surface area contributed by atoms with Gasteiger partial charge < -0.3 is 9.32 Å². The Morgan fingerprint density at radius 2 is 2.25 bits per heavy atom. The molecule has 0 bridgehead atoms. The van der Waals surface area contributed by atoms with E-state index in [1.807, 2.05) is 15.8 Å². The Hall–Kier alpha value is -2.11. The first kappa shape index (κ1) is 11.7. The zero-order chi connectivity index (χ0) is 13.5. The van der Waals surface area contributed by atoms with Crippen molar-refractivity contribution in [3.05, 3.63) is 36.0 Å². The van der Waals surface area contributed by atoms with Crippen molar-refractivity contribution in [3.8, 4) is 0 Å². The summed E-state index contributed by atoms with van der Waals surface area (Å²) in [6, 6.07) is 3.67. The standard InChI is InChI=1S/C14H16N4O2/c19-14(13-2-1-7-20-13)17-6-5-11(8-17)18-9-12(15-16-18)10-3-4-10/h1-2,7,9-11H,3-6,8H2. The number of carbonyl (C=O) groups is 1. The molecule has 0 aromatic carbocycles. The zero-order valence-electron chi connectivity index (χ0n) is 11.1. The van der Waals surface area contributed by atoms with E-state index in [1.54, 1.807) is 12.1 Å². The second-order valence-corrected chi connectivity index (χ2v) is 5.57. The van der Waals surface area contributed by atoms with Crippen LogP contribution in [0.1, 0.15) is 47.5 Å². The van der Waals surface area contributed by atoms with Crippen molar-refractivity contribution < 1.29 is 9.21 Å². The van der Waals surface area contributed by atoms with Crippen LogP contribution < -0.4 is 0 Å². The van der Waals surface area contributed by atoms with E-state index in [4.69, 9.17) is 4.42 Å². The number of carbonyl (C=O) groups excluding carboxylic acids is 1. The summed E-state index contributed by atoms with van der Waals surface area (Å²) in [5, 5.41) is 8.45. The van der Waals surface area contributed by atoms with Crippen LogP contribution in [0.2, 0.25) is 0 Å². The first-order valence-electron chi connectivity index (χ1n) is 7.06. The van der Waals surface area contributed by atoms with Crippen LogP contribution >= 0.6 is 0 Å². The Morgan fingerprint density at radius 1 is 1.35 bits per heavy atom. The largest absolute Gasteiger partial charge is 0.459 e. The minimum atomic E-state index is -0.0416. The first-order valence-corrected chi connectivity index (χ1v) is 7.06. The van der Waals surface area contributed by atoms with Gasteiger partial charge in [0.05, 0.1) is 18.0 Å². The van der Waals surface area contributed by atoms with Gasteiger partial charge in [0.25, 0.3) is 5.91 Å². The fraction of sp³-hybridized carbons (Fsp3) is 0.500. The molecule has 6 heteroatoms. The van der Waals surface area contributed by atoms with Gasteiger partial charge in [0, 0.05) is 25.2 Å². The van der Waals surface area contributed by atoms with Gasteiger partial charge in [-0.05, 0) is 31.4 Å². The summed E-state index contributed by atoms with van der Waals surface area (Å²) in [6.45, 7) is 1.41. The van der Waals surface area contributed by atoms with Gasteiger partial charge >= 0.3 is 0 Å². The van der Waals surface area contributed by atoms with Gasteiger partial charge in [0.2, 0.25) is 0 Å². The molecule has 1 atom stereocenters. The van der Waals surface area contributed by atoms with E-state index in [0.29, 0.717) is 18.2 Å². The number of hydrogen-bond acceptors (Lipinski definition) is 4. The number of likely N-dealkylation sites (tertiary alicyclic amines) is 1. The number of hydrogen-bond donors (Lipinski definition) is 0. The molecule has 3 heterocycles. The summed E-state index contributed by atoms with van der Waals surface area (Å²) < 4.78 is 7.09. The minimum Gasteiger partial charge on any atom is -0.459 e. The van der Waals surface area contributed by atoms with Crippen molar-refractivity contribution in [2.75, 3.05) is 13.1 Å². The maximum Gasteiger partial charge on any atom is 0.289 e. The lowest BCUT2D eigenvalue weighted by Gasteiger charge is -2.14. The van der Waals surface area contributed by atoms with Crippen molar-refractivity contribution in [2.24, 2.45) is 0 Å². The molecule has 2 aliphatic rings. The van der Waals surface area contributed by atoms with Crippen LogP contribution in [-0.4, -0.2) is 38.9 Å². The van der Waals surface area contributed by atoms with Gasteiger partial charge in [0.1, 0.15) is 0 Å². The van der Waals surface area contributed by atoms with E-state index in [1.165, 1.54) is 19.1 Å². The van der Waals surface area contributed by atoms with Crippen molar-refractivity contribution in [3.63, 3.8) is 0 Å². The van der Waals surface area contributed by atoms with E-state index in [9.17, 15) is 4.79 Å². The molecule has 1 amide bonds.